The molecular weight excluding hydrogens is 276 g/mol. The van der Waals surface area contributed by atoms with Gasteiger partial charge in [0, 0.05) is 11.1 Å². The van der Waals surface area contributed by atoms with Crippen LogP contribution < -0.4 is 5.43 Å². The summed E-state index contributed by atoms with van der Waals surface area (Å²) in [7, 11) is 0. The zero-order valence-corrected chi connectivity index (χ0v) is 11.4. The number of benzene rings is 2. The van der Waals surface area contributed by atoms with E-state index in [1.54, 1.807) is 37.3 Å². The predicted molar refractivity (Wildman–Crippen MR) is 79.3 cm³/mol. The van der Waals surface area contributed by atoms with Crippen LogP contribution in [-0.4, -0.2) is 5.11 Å². The molecule has 0 radical (unpaired) electrons. The second kappa shape index (κ2) is 4.69. The Morgan fingerprint density at radius 3 is 2.50 bits per heavy atom. The molecule has 3 aromatic rings. The van der Waals surface area contributed by atoms with Crippen LogP contribution in [0.2, 0.25) is 5.02 Å². The first-order valence-corrected chi connectivity index (χ1v) is 6.46. The molecule has 3 rings (SSSR count). The fraction of sp³-hybridized carbons (Fsp3) is 0.0625. The van der Waals surface area contributed by atoms with Crippen molar-refractivity contribution in [2.24, 2.45) is 0 Å². The van der Waals surface area contributed by atoms with E-state index in [2.05, 4.69) is 0 Å². The Morgan fingerprint density at radius 2 is 1.80 bits per heavy atom. The molecule has 20 heavy (non-hydrogen) atoms. The molecule has 0 spiro atoms. The van der Waals surface area contributed by atoms with Gasteiger partial charge in [-0.05, 0) is 36.8 Å². The van der Waals surface area contributed by atoms with Crippen LogP contribution in [0.4, 0.5) is 0 Å². The Bertz CT molecular complexity index is 848. The first-order valence-electron chi connectivity index (χ1n) is 6.08. The van der Waals surface area contributed by atoms with Crippen LogP contribution in [0.5, 0.6) is 5.75 Å². The maximum atomic E-state index is 12.6. The van der Waals surface area contributed by atoms with Crippen molar-refractivity contribution in [3.8, 4) is 16.9 Å². The largest absolute Gasteiger partial charge is 0.508 e. The molecule has 0 fully saturated rings. The molecule has 1 N–H and O–H groups in total. The zero-order valence-electron chi connectivity index (χ0n) is 10.7. The topological polar surface area (TPSA) is 50.4 Å². The third kappa shape index (κ3) is 2.06. The minimum absolute atomic E-state index is 0.0688. The third-order valence-electron chi connectivity index (χ3n) is 3.18. The summed E-state index contributed by atoms with van der Waals surface area (Å²) < 4.78 is 5.65. The minimum atomic E-state index is -0.119. The Morgan fingerprint density at radius 1 is 1.10 bits per heavy atom. The Kier molecular flexibility index (Phi) is 2.99. The first kappa shape index (κ1) is 12.8. The van der Waals surface area contributed by atoms with E-state index in [-0.39, 0.29) is 11.2 Å². The number of hydrogen-bond acceptors (Lipinski definition) is 3. The van der Waals surface area contributed by atoms with Crippen molar-refractivity contribution >= 4 is 22.6 Å². The second-order valence-corrected chi connectivity index (χ2v) is 4.99. The maximum Gasteiger partial charge on any atom is 0.200 e. The summed E-state index contributed by atoms with van der Waals surface area (Å²) in [5, 5.41) is 10.5. The van der Waals surface area contributed by atoms with Gasteiger partial charge in [-0.2, -0.15) is 0 Å². The first-order chi connectivity index (χ1) is 9.56. The van der Waals surface area contributed by atoms with Crippen molar-refractivity contribution in [2.45, 2.75) is 6.92 Å². The number of phenols is 1. The second-order valence-electron chi connectivity index (χ2n) is 4.55. The third-order valence-corrected chi connectivity index (χ3v) is 3.44. The van der Waals surface area contributed by atoms with Gasteiger partial charge in [0.2, 0.25) is 5.43 Å². The van der Waals surface area contributed by atoms with Crippen molar-refractivity contribution in [3.05, 3.63) is 63.5 Å². The summed E-state index contributed by atoms with van der Waals surface area (Å²) in [5.74, 6) is 0.578. The number of aromatic hydroxyl groups is 1. The van der Waals surface area contributed by atoms with Crippen LogP contribution in [0.1, 0.15) is 5.76 Å². The van der Waals surface area contributed by atoms with Gasteiger partial charge in [0.15, 0.2) is 0 Å². The molecule has 1 heterocycles. The van der Waals surface area contributed by atoms with Gasteiger partial charge >= 0.3 is 0 Å². The van der Waals surface area contributed by atoms with E-state index in [0.717, 1.165) is 5.56 Å². The van der Waals surface area contributed by atoms with Crippen molar-refractivity contribution in [1.82, 2.24) is 0 Å². The molecule has 0 amide bonds. The smallest absolute Gasteiger partial charge is 0.200 e. The summed E-state index contributed by atoms with van der Waals surface area (Å²) >= 11 is 5.86. The number of fused-ring (bicyclic) bond motifs is 1. The van der Waals surface area contributed by atoms with E-state index in [0.29, 0.717) is 27.3 Å². The van der Waals surface area contributed by atoms with Gasteiger partial charge in [0.05, 0.1) is 10.9 Å². The molecule has 3 nitrogen and oxygen atoms in total. The fourth-order valence-corrected chi connectivity index (χ4v) is 2.37. The summed E-state index contributed by atoms with van der Waals surface area (Å²) in [6.45, 7) is 1.73. The van der Waals surface area contributed by atoms with Crippen molar-refractivity contribution in [3.63, 3.8) is 0 Å². The number of rotatable bonds is 1. The van der Waals surface area contributed by atoms with Gasteiger partial charge in [0.25, 0.3) is 0 Å². The lowest BCUT2D eigenvalue weighted by Crippen LogP contribution is -2.07. The highest BCUT2D eigenvalue weighted by molar-refractivity contribution is 6.30. The lowest BCUT2D eigenvalue weighted by Gasteiger charge is -2.07. The van der Waals surface area contributed by atoms with E-state index >= 15 is 0 Å². The Labute approximate surface area is 120 Å². The standard InChI is InChI=1S/C16H11ClO3/c1-9-15(10-2-4-11(17)5-3-10)16(19)13-7-6-12(18)8-14(13)20-9/h2-8,18H,1H3. The predicted octanol–water partition coefficient (Wildman–Crippen LogP) is 4.13. The van der Waals surface area contributed by atoms with Crippen LogP contribution in [0.25, 0.3) is 22.1 Å². The van der Waals surface area contributed by atoms with Gasteiger partial charge in [-0.25, -0.2) is 0 Å². The molecule has 0 atom stereocenters. The molecule has 0 aliphatic heterocycles. The molecule has 0 saturated carbocycles. The van der Waals surface area contributed by atoms with Gasteiger partial charge in [-0.1, -0.05) is 23.7 Å². The average Bonchev–Trinajstić information content (AvgIpc) is 2.40. The summed E-state index contributed by atoms with van der Waals surface area (Å²) in [4.78, 5) is 12.6. The molecule has 0 aliphatic carbocycles. The molecule has 2 aromatic carbocycles. The van der Waals surface area contributed by atoms with Crippen LogP contribution >= 0.6 is 11.6 Å². The molecule has 0 unspecified atom stereocenters. The van der Waals surface area contributed by atoms with Gasteiger partial charge in [-0.15, -0.1) is 0 Å². The number of phenolic OH excluding ortho intramolecular Hbond substituents is 1. The molecular formula is C16H11ClO3. The lowest BCUT2D eigenvalue weighted by atomic mass is 10.0. The van der Waals surface area contributed by atoms with E-state index in [1.165, 1.54) is 12.1 Å². The molecule has 0 bridgehead atoms. The van der Waals surface area contributed by atoms with Crippen LogP contribution in [-0.2, 0) is 0 Å². The molecule has 0 aliphatic rings. The lowest BCUT2D eigenvalue weighted by molar-refractivity contribution is 0.473. The SMILES string of the molecule is Cc1oc2cc(O)ccc2c(=O)c1-c1ccc(Cl)cc1. The highest BCUT2D eigenvalue weighted by Gasteiger charge is 2.13. The van der Waals surface area contributed by atoms with Gasteiger partial charge in [-0.3, -0.25) is 4.79 Å². The van der Waals surface area contributed by atoms with E-state index in [4.69, 9.17) is 16.0 Å². The number of hydrogen-bond donors (Lipinski definition) is 1. The number of halogens is 1. The molecule has 1 aromatic heterocycles. The van der Waals surface area contributed by atoms with E-state index in [9.17, 15) is 9.90 Å². The quantitative estimate of drug-likeness (QED) is 0.732. The molecule has 4 heteroatoms. The van der Waals surface area contributed by atoms with E-state index < -0.39 is 0 Å². The fourth-order valence-electron chi connectivity index (χ4n) is 2.24. The van der Waals surface area contributed by atoms with Gasteiger partial charge in [0.1, 0.15) is 17.1 Å². The Balaban J connectivity index is 2.34. The highest BCUT2D eigenvalue weighted by atomic mass is 35.5. The van der Waals surface area contributed by atoms with Crippen molar-refractivity contribution in [1.29, 1.82) is 0 Å². The molecule has 100 valence electrons. The summed E-state index contributed by atoms with van der Waals surface area (Å²) in [5.41, 5.74) is 1.53. The highest BCUT2D eigenvalue weighted by Crippen LogP contribution is 2.26. The van der Waals surface area contributed by atoms with Crippen LogP contribution in [0.3, 0.4) is 0 Å². The molecule has 0 saturated heterocycles. The Hall–Kier alpha value is -2.26. The monoisotopic (exact) mass is 286 g/mol. The maximum absolute atomic E-state index is 12.6. The van der Waals surface area contributed by atoms with Crippen molar-refractivity contribution < 1.29 is 9.52 Å². The summed E-state index contributed by atoms with van der Waals surface area (Å²) in [6.07, 6.45) is 0. The minimum Gasteiger partial charge on any atom is -0.508 e. The number of aryl methyl sites for hydroxylation is 1. The normalized spacial score (nSPS) is 10.9. The van der Waals surface area contributed by atoms with Crippen molar-refractivity contribution in [2.75, 3.05) is 0 Å². The summed E-state index contributed by atoms with van der Waals surface area (Å²) in [6, 6.07) is 11.5. The van der Waals surface area contributed by atoms with E-state index in [1.807, 2.05) is 0 Å². The zero-order chi connectivity index (χ0) is 14.3. The van der Waals surface area contributed by atoms with Crippen LogP contribution in [0, 0.1) is 6.92 Å². The van der Waals surface area contributed by atoms with Crippen LogP contribution in [0.15, 0.2) is 51.7 Å². The average molecular weight is 287 g/mol. The van der Waals surface area contributed by atoms with Gasteiger partial charge < -0.3 is 9.52 Å².